The average Bonchev–Trinajstić information content (AvgIpc) is 2.78. The molecule has 0 rings (SSSR count). The summed E-state index contributed by atoms with van der Waals surface area (Å²) in [5.74, 6) is 0.326. The molecule has 0 aliphatic carbocycles. The van der Waals surface area contributed by atoms with Crippen LogP contribution in [0.1, 0.15) is 145 Å². The van der Waals surface area contributed by atoms with E-state index in [-0.39, 0.29) is 123 Å². The molecule has 0 aromatic rings. The Balaban J connectivity index is -0.00000000965. The van der Waals surface area contributed by atoms with Crippen molar-refractivity contribution >= 4 is 11.6 Å². The largest absolute Gasteiger partial charge is 0.359 e. The minimum absolute atomic E-state index is 0. The second-order valence-electron chi connectivity index (χ2n) is 5.73. The summed E-state index contributed by atoms with van der Waals surface area (Å²) >= 11 is 0. The predicted octanol–water partition coefficient (Wildman–Crippen LogP) is 12.1. The number of methoxy groups -OCH3 is 10. The summed E-state index contributed by atoms with van der Waals surface area (Å²) in [5.41, 5.74) is 0. The fourth-order valence-corrected chi connectivity index (χ4v) is 1.18. The van der Waals surface area contributed by atoms with Gasteiger partial charge >= 0.3 is 0 Å². The van der Waals surface area contributed by atoms with Gasteiger partial charge in [0.05, 0.1) is 0 Å². The Morgan fingerprint density at radius 1 is 0.286 bits per heavy atom. The first-order chi connectivity index (χ1) is 16.2. The molecule has 0 N–H and O–H groups in total. The van der Waals surface area contributed by atoms with Gasteiger partial charge in [0.25, 0.3) is 0 Å². The van der Waals surface area contributed by atoms with Gasteiger partial charge in [0.1, 0.15) is 45.5 Å². The Hall–Kier alpha value is -1.06. The molecule has 49 heavy (non-hydrogen) atoms. The van der Waals surface area contributed by atoms with Crippen molar-refractivity contribution in [3.8, 4) is 0 Å². The van der Waals surface area contributed by atoms with E-state index in [1.807, 2.05) is 0 Å². The maximum Gasteiger partial charge on any atom is 0.145 e. The van der Waals surface area contributed by atoms with Crippen LogP contribution in [0.4, 0.5) is 0 Å². The standard InChI is InChI=1S/C7H12O2.5C3H8O2.15CH4/c1-6(8)4-3-5-7(2)9;5*1-4-3-5-2;;;;;;;;;;;;;;;/h3-5H2,1-2H3;5*3H2,1-2H3;15*1H4. The van der Waals surface area contributed by atoms with Crippen LogP contribution in [0.15, 0.2) is 0 Å². The molecule has 0 spiro atoms. The van der Waals surface area contributed by atoms with Crippen molar-refractivity contribution in [1.82, 2.24) is 0 Å². The van der Waals surface area contributed by atoms with E-state index in [4.69, 9.17) is 0 Å². The van der Waals surface area contributed by atoms with Gasteiger partial charge in [-0.25, -0.2) is 0 Å². The van der Waals surface area contributed by atoms with E-state index in [0.717, 1.165) is 0 Å². The highest BCUT2D eigenvalue weighted by atomic mass is 16.7. The van der Waals surface area contributed by atoms with Gasteiger partial charge in [0, 0.05) is 83.9 Å². The lowest BCUT2D eigenvalue weighted by Gasteiger charge is -1.90. The SMILES string of the molecule is C.C.C.C.C.C.C.C.C.C.C.C.C.C.C.CC(=O)CCCC(C)=O.COCOC.COCOC.COCOC.COCOC.COCOC. The second kappa shape index (κ2) is 188. The van der Waals surface area contributed by atoms with E-state index in [1.54, 1.807) is 84.9 Å². The van der Waals surface area contributed by atoms with Crippen molar-refractivity contribution in [3.63, 3.8) is 0 Å². The van der Waals surface area contributed by atoms with Gasteiger partial charge in [-0.2, -0.15) is 0 Å². The Kier molecular flexibility index (Phi) is 559. The summed E-state index contributed by atoms with van der Waals surface area (Å²) in [6, 6.07) is 0. The molecule has 0 aliphatic rings. The highest BCUT2D eigenvalue weighted by molar-refractivity contribution is 5.78. The summed E-state index contributed by atoms with van der Waals surface area (Å²) in [5, 5.41) is 0. The molecule has 0 atom stereocenters. The van der Waals surface area contributed by atoms with Crippen molar-refractivity contribution in [2.75, 3.05) is 105 Å². The first-order valence-electron chi connectivity index (χ1n) is 10.1. The topological polar surface area (TPSA) is 126 Å². The van der Waals surface area contributed by atoms with E-state index in [9.17, 15) is 9.59 Å². The monoisotopic (exact) mass is 749 g/mol. The van der Waals surface area contributed by atoms with Crippen LogP contribution in [-0.2, 0) is 57.0 Å². The Bertz CT molecular complexity index is 267. The highest BCUT2D eigenvalue weighted by Gasteiger charge is 1.95. The summed E-state index contributed by atoms with van der Waals surface area (Å²) in [4.78, 5) is 20.6. The van der Waals surface area contributed by atoms with Gasteiger partial charge in [0.15, 0.2) is 0 Å². The van der Waals surface area contributed by atoms with E-state index >= 15 is 0 Å². The average molecular weight is 749 g/mol. The number of rotatable bonds is 14. The molecule has 0 amide bonds. The quantitative estimate of drug-likeness (QED) is 0.157. The molecule has 0 saturated heterocycles. The number of ketones is 2. The Morgan fingerprint density at radius 2 is 0.388 bits per heavy atom. The van der Waals surface area contributed by atoms with Gasteiger partial charge in [-0.15, -0.1) is 0 Å². The van der Waals surface area contributed by atoms with Crippen LogP contribution in [0.5, 0.6) is 0 Å². The van der Waals surface area contributed by atoms with E-state index in [0.29, 0.717) is 53.2 Å². The van der Waals surface area contributed by atoms with Crippen LogP contribution < -0.4 is 0 Å². The molecule has 0 fully saturated rings. The molecule has 0 saturated carbocycles. The van der Waals surface area contributed by atoms with Crippen LogP contribution in [0, 0.1) is 0 Å². The molecule has 12 nitrogen and oxygen atoms in total. The number of hydrogen-bond donors (Lipinski definition) is 0. The van der Waals surface area contributed by atoms with Crippen molar-refractivity contribution < 1.29 is 57.0 Å². The molecule has 0 aromatic carbocycles. The van der Waals surface area contributed by atoms with Gasteiger partial charge in [-0.3, -0.25) is 0 Å². The number of carbonyl (C=O) groups is 2. The minimum Gasteiger partial charge on any atom is -0.359 e. The number of Topliss-reactive ketones (excluding diaryl/α,β-unsaturated/α-hetero) is 2. The molecule has 0 unspecified atom stereocenters. The minimum atomic E-state index is 0. The summed E-state index contributed by atoms with van der Waals surface area (Å²) in [6.45, 7) is 5.03. The molecular formula is C37H112O12. The lowest BCUT2D eigenvalue weighted by molar-refractivity contribution is -0.118. The molecule has 0 bridgehead atoms. The second-order valence-corrected chi connectivity index (χ2v) is 5.73. The van der Waals surface area contributed by atoms with Crippen molar-refractivity contribution in [1.29, 1.82) is 0 Å². The fourth-order valence-electron chi connectivity index (χ4n) is 1.18. The molecule has 0 aromatic heterocycles. The molecule has 0 radical (unpaired) electrons. The molecule has 332 valence electrons. The molecule has 12 heteroatoms. The van der Waals surface area contributed by atoms with Gasteiger partial charge in [-0.05, 0) is 20.3 Å². The summed E-state index contributed by atoms with van der Waals surface area (Å²) < 4.78 is 44.7. The maximum absolute atomic E-state index is 10.3. The summed E-state index contributed by atoms with van der Waals surface area (Å²) in [7, 11) is 15.9. The number of hydrogen-bond acceptors (Lipinski definition) is 12. The van der Waals surface area contributed by atoms with Crippen LogP contribution in [0.2, 0.25) is 0 Å². The fraction of sp³-hybridized carbons (Fsp3) is 0.946. The van der Waals surface area contributed by atoms with Crippen molar-refractivity contribution in [3.05, 3.63) is 0 Å². The maximum atomic E-state index is 10.3. The van der Waals surface area contributed by atoms with Crippen LogP contribution in [0.3, 0.4) is 0 Å². The van der Waals surface area contributed by atoms with Crippen LogP contribution >= 0.6 is 0 Å². The molecular weight excluding hydrogens is 636 g/mol. The zero-order valence-electron chi connectivity index (χ0n) is 23.6. The Morgan fingerprint density at radius 3 is 0.429 bits per heavy atom. The number of carbonyl (C=O) groups excluding carboxylic acids is 2. The van der Waals surface area contributed by atoms with Crippen LogP contribution in [-0.4, -0.2) is 117 Å². The van der Waals surface area contributed by atoms with E-state index in [2.05, 4.69) is 47.4 Å². The van der Waals surface area contributed by atoms with Gasteiger partial charge in [-0.1, -0.05) is 111 Å². The van der Waals surface area contributed by atoms with E-state index < -0.39 is 0 Å². The summed E-state index contributed by atoms with van der Waals surface area (Å²) in [6.07, 6.45) is 1.80. The molecule has 0 heterocycles. The van der Waals surface area contributed by atoms with Crippen molar-refractivity contribution in [2.24, 2.45) is 0 Å². The highest BCUT2D eigenvalue weighted by Crippen LogP contribution is 1.95. The lowest BCUT2D eigenvalue weighted by Crippen LogP contribution is -1.93. The lowest BCUT2D eigenvalue weighted by atomic mass is 10.1. The third-order valence-corrected chi connectivity index (χ3v) is 2.24. The van der Waals surface area contributed by atoms with Gasteiger partial charge < -0.3 is 57.0 Å². The van der Waals surface area contributed by atoms with Crippen LogP contribution in [0.25, 0.3) is 0 Å². The third-order valence-electron chi connectivity index (χ3n) is 2.24. The smallest absolute Gasteiger partial charge is 0.145 e. The zero-order chi connectivity index (χ0) is 27.9. The van der Waals surface area contributed by atoms with E-state index in [1.165, 1.54) is 0 Å². The third kappa shape index (κ3) is 425. The Labute approximate surface area is 317 Å². The predicted molar refractivity (Wildman–Crippen MR) is 231 cm³/mol. The first kappa shape index (κ1) is 146. The van der Waals surface area contributed by atoms with Crippen molar-refractivity contribution in [2.45, 2.75) is 145 Å². The number of ether oxygens (including phenoxy) is 10. The first-order valence-corrected chi connectivity index (χ1v) is 10.1. The zero-order valence-corrected chi connectivity index (χ0v) is 23.6. The normalized spacial score (nSPS) is 5.96. The molecule has 0 aliphatic heterocycles. The van der Waals surface area contributed by atoms with Gasteiger partial charge in [0.2, 0.25) is 0 Å².